The molecule has 0 radical (unpaired) electrons. The molecule has 1 fully saturated rings. The molecular formula is C9H16N4. The Kier molecular flexibility index (Phi) is 2.59. The van der Waals surface area contributed by atoms with Crippen molar-refractivity contribution in [1.29, 1.82) is 0 Å². The van der Waals surface area contributed by atoms with E-state index >= 15 is 0 Å². The normalized spacial score (nSPS) is 23.3. The van der Waals surface area contributed by atoms with Crippen molar-refractivity contribution in [2.24, 2.45) is 0 Å². The van der Waals surface area contributed by atoms with E-state index in [1.54, 1.807) is 0 Å². The van der Waals surface area contributed by atoms with Gasteiger partial charge in [-0.3, -0.25) is 0 Å². The molecule has 0 aromatic carbocycles. The van der Waals surface area contributed by atoms with Crippen molar-refractivity contribution in [2.45, 2.75) is 32.2 Å². The first kappa shape index (κ1) is 8.69. The van der Waals surface area contributed by atoms with Crippen LogP contribution in [0.5, 0.6) is 0 Å². The van der Waals surface area contributed by atoms with Gasteiger partial charge < -0.3 is 9.88 Å². The Morgan fingerprint density at radius 3 is 3.31 bits per heavy atom. The largest absolute Gasteiger partial charge is 0.315 e. The van der Waals surface area contributed by atoms with Crippen LogP contribution in [-0.2, 0) is 6.42 Å². The molecule has 1 aliphatic rings. The second-order valence-electron chi connectivity index (χ2n) is 3.51. The fraction of sp³-hybridized carbons (Fsp3) is 0.778. The Labute approximate surface area is 78.4 Å². The molecule has 0 bridgehead atoms. The standard InChI is InChI=1S/C9H16N4/c1-2-9-12-11-7-13(9)8-4-3-5-10-6-8/h7-8,10H,2-6H2,1H3. The number of rotatable bonds is 2. The van der Waals surface area contributed by atoms with Crippen LogP contribution >= 0.6 is 0 Å². The summed E-state index contributed by atoms with van der Waals surface area (Å²) in [6, 6.07) is 0.568. The molecule has 0 aliphatic carbocycles. The maximum Gasteiger partial charge on any atom is 0.132 e. The molecule has 0 amide bonds. The Morgan fingerprint density at radius 1 is 1.69 bits per heavy atom. The van der Waals surface area contributed by atoms with Crippen molar-refractivity contribution in [3.63, 3.8) is 0 Å². The van der Waals surface area contributed by atoms with Crippen LogP contribution < -0.4 is 5.32 Å². The van der Waals surface area contributed by atoms with E-state index in [0.29, 0.717) is 6.04 Å². The van der Waals surface area contributed by atoms with Crippen LogP contribution in [0.4, 0.5) is 0 Å². The van der Waals surface area contributed by atoms with Gasteiger partial charge in [0.25, 0.3) is 0 Å². The minimum atomic E-state index is 0.568. The summed E-state index contributed by atoms with van der Waals surface area (Å²) in [5.74, 6) is 1.11. The number of aryl methyl sites for hydroxylation is 1. The van der Waals surface area contributed by atoms with Gasteiger partial charge in [-0.1, -0.05) is 6.92 Å². The third-order valence-corrected chi connectivity index (χ3v) is 2.63. The first-order chi connectivity index (χ1) is 6.42. The summed E-state index contributed by atoms with van der Waals surface area (Å²) in [5.41, 5.74) is 0. The Hall–Kier alpha value is -0.900. The van der Waals surface area contributed by atoms with E-state index in [1.807, 2.05) is 6.33 Å². The zero-order valence-corrected chi connectivity index (χ0v) is 8.03. The lowest BCUT2D eigenvalue weighted by molar-refractivity contribution is 0.363. The van der Waals surface area contributed by atoms with Gasteiger partial charge in [0.1, 0.15) is 12.2 Å². The minimum absolute atomic E-state index is 0.568. The molecule has 0 saturated carbocycles. The number of nitrogens with zero attached hydrogens (tertiary/aromatic N) is 3. The monoisotopic (exact) mass is 180 g/mol. The average Bonchev–Trinajstić information content (AvgIpc) is 2.67. The molecule has 1 N–H and O–H groups in total. The fourth-order valence-corrected chi connectivity index (χ4v) is 1.90. The SMILES string of the molecule is CCc1nncn1C1CCCNC1. The summed E-state index contributed by atoms with van der Waals surface area (Å²) in [5, 5.41) is 11.4. The molecule has 1 aromatic rings. The Balaban J connectivity index is 2.13. The van der Waals surface area contributed by atoms with E-state index in [1.165, 1.54) is 12.8 Å². The van der Waals surface area contributed by atoms with Crippen LogP contribution in [0.2, 0.25) is 0 Å². The maximum absolute atomic E-state index is 4.10. The summed E-state index contributed by atoms with van der Waals surface area (Å²) in [4.78, 5) is 0. The number of nitrogens with one attached hydrogen (secondary N) is 1. The molecule has 2 rings (SSSR count). The summed E-state index contributed by atoms with van der Waals surface area (Å²) in [6.07, 6.45) is 5.33. The molecule has 1 unspecified atom stereocenters. The third-order valence-electron chi connectivity index (χ3n) is 2.63. The van der Waals surface area contributed by atoms with E-state index in [-0.39, 0.29) is 0 Å². The van der Waals surface area contributed by atoms with Gasteiger partial charge in [0.05, 0.1) is 0 Å². The van der Waals surface area contributed by atoms with Gasteiger partial charge in [-0.25, -0.2) is 0 Å². The van der Waals surface area contributed by atoms with Gasteiger partial charge in [-0.05, 0) is 19.4 Å². The molecule has 0 spiro atoms. The molecule has 2 heterocycles. The van der Waals surface area contributed by atoms with Gasteiger partial charge in [-0.2, -0.15) is 0 Å². The first-order valence-corrected chi connectivity index (χ1v) is 5.01. The summed E-state index contributed by atoms with van der Waals surface area (Å²) < 4.78 is 2.21. The van der Waals surface area contributed by atoms with Gasteiger partial charge >= 0.3 is 0 Å². The van der Waals surface area contributed by atoms with E-state index in [2.05, 4.69) is 27.0 Å². The molecule has 1 aliphatic heterocycles. The van der Waals surface area contributed by atoms with Crippen molar-refractivity contribution in [1.82, 2.24) is 20.1 Å². The van der Waals surface area contributed by atoms with Gasteiger partial charge in [0.15, 0.2) is 0 Å². The molecule has 72 valence electrons. The molecule has 4 nitrogen and oxygen atoms in total. The highest BCUT2D eigenvalue weighted by atomic mass is 15.3. The van der Waals surface area contributed by atoms with E-state index in [9.17, 15) is 0 Å². The van der Waals surface area contributed by atoms with Crippen molar-refractivity contribution in [3.8, 4) is 0 Å². The van der Waals surface area contributed by atoms with E-state index in [0.717, 1.165) is 25.3 Å². The van der Waals surface area contributed by atoms with Gasteiger partial charge in [0, 0.05) is 19.0 Å². The number of hydrogen-bond donors (Lipinski definition) is 1. The summed E-state index contributed by atoms with van der Waals surface area (Å²) in [7, 11) is 0. The van der Waals surface area contributed by atoms with Gasteiger partial charge in [-0.15, -0.1) is 10.2 Å². The molecule has 1 atom stereocenters. The molecular weight excluding hydrogens is 164 g/mol. The van der Waals surface area contributed by atoms with Crippen LogP contribution in [0.25, 0.3) is 0 Å². The fourth-order valence-electron chi connectivity index (χ4n) is 1.90. The average molecular weight is 180 g/mol. The number of aromatic nitrogens is 3. The van der Waals surface area contributed by atoms with Crippen molar-refractivity contribution >= 4 is 0 Å². The second kappa shape index (κ2) is 3.87. The van der Waals surface area contributed by atoms with Crippen LogP contribution in [0.3, 0.4) is 0 Å². The zero-order chi connectivity index (χ0) is 9.10. The van der Waals surface area contributed by atoms with E-state index in [4.69, 9.17) is 0 Å². The first-order valence-electron chi connectivity index (χ1n) is 5.01. The highest BCUT2D eigenvalue weighted by molar-refractivity contribution is 4.90. The highest BCUT2D eigenvalue weighted by Crippen LogP contribution is 2.17. The highest BCUT2D eigenvalue weighted by Gasteiger charge is 2.16. The van der Waals surface area contributed by atoms with Crippen molar-refractivity contribution in [3.05, 3.63) is 12.2 Å². The smallest absolute Gasteiger partial charge is 0.132 e. The van der Waals surface area contributed by atoms with Crippen molar-refractivity contribution in [2.75, 3.05) is 13.1 Å². The Morgan fingerprint density at radius 2 is 2.62 bits per heavy atom. The van der Waals surface area contributed by atoms with E-state index < -0.39 is 0 Å². The van der Waals surface area contributed by atoms with Gasteiger partial charge in [0.2, 0.25) is 0 Å². The zero-order valence-electron chi connectivity index (χ0n) is 8.03. The Bertz CT molecular complexity index is 262. The lowest BCUT2D eigenvalue weighted by Gasteiger charge is -2.24. The summed E-state index contributed by atoms with van der Waals surface area (Å²) in [6.45, 7) is 4.34. The minimum Gasteiger partial charge on any atom is -0.315 e. The van der Waals surface area contributed by atoms with Crippen LogP contribution in [0, 0.1) is 0 Å². The molecule has 4 heteroatoms. The lowest BCUT2D eigenvalue weighted by Crippen LogP contribution is -2.32. The predicted octanol–water partition coefficient (Wildman–Crippen LogP) is 0.765. The molecule has 1 saturated heterocycles. The number of hydrogen-bond acceptors (Lipinski definition) is 3. The maximum atomic E-state index is 4.10. The topological polar surface area (TPSA) is 42.7 Å². The van der Waals surface area contributed by atoms with Crippen LogP contribution in [0.1, 0.15) is 31.6 Å². The third kappa shape index (κ3) is 1.72. The van der Waals surface area contributed by atoms with Crippen LogP contribution in [0.15, 0.2) is 6.33 Å². The predicted molar refractivity (Wildman–Crippen MR) is 50.5 cm³/mol. The molecule has 1 aromatic heterocycles. The lowest BCUT2D eigenvalue weighted by atomic mass is 10.1. The second-order valence-corrected chi connectivity index (χ2v) is 3.51. The molecule has 13 heavy (non-hydrogen) atoms. The summed E-state index contributed by atoms with van der Waals surface area (Å²) >= 11 is 0. The number of piperidine rings is 1. The quantitative estimate of drug-likeness (QED) is 0.731. The van der Waals surface area contributed by atoms with Crippen molar-refractivity contribution < 1.29 is 0 Å². The van der Waals surface area contributed by atoms with Crippen LogP contribution in [-0.4, -0.2) is 27.9 Å².